The van der Waals surface area contributed by atoms with Crippen molar-refractivity contribution in [1.29, 1.82) is 0 Å². The van der Waals surface area contributed by atoms with E-state index in [1.54, 1.807) is 25.3 Å². The van der Waals surface area contributed by atoms with E-state index in [1.807, 2.05) is 4.72 Å². The number of likely N-dealkylation sites (tertiary alicyclic amines) is 1. The number of hydrogen-bond acceptors (Lipinski definition) is 7. The molecule has 240 valence electrons. The number of nitrogens with one attached hydrogen (secondary N) is 1. The summed E-state index contributed by atoms with van der Waals surface area (Å²) in [6.07, 6.45) is -0.354. The second-order valence-corrected chi connectivity index (χ2v) is 12.4. The Bertz CT molecular complexity index is 1770. The van der Waals surface area contributed by atoms with Crippen LogP contribution in [-0.4, -0.2) is 51.1 Å². The fourth-order valence-corrected chi connectivity index (χ4v) is 6.56. The average molecular weight is 648 g/mol. The summed E-state index contributed by atoms with van der Waals surface area (Å²) < 4.78 is 99.7. The molecule has 1 aromatic heterocycles. The molecule has 4 aromatic rings. The molecule has 8 nitrogen and oxygen atoms in total. The Morgan fingerprint density at radius 1 is 1.00 bits per heavy atom. The summed E-state index contributed by atoms with van der Waals surface area (Å²) in [4.78, 5) is 5.96. The molecule has 1 unspecified atom stereocenters. The number of sulfonamides is 1. The standard InChI is InChI=1S/C32H33F4N3O5S/c1-21-8-5-6-15-39(21)16-7-17-43-29-20-26-22(18-28(29)42-2)11-14-31(37-26)44-27-13-12-23(19-25(27)33)38-45(40,41)30-10-4-3-9-24(30)32(34,35)36/h3-4,9-14,18-21,38H,5-8,15-17H2,1-2H3. The average Bonchev–Trinajstić information content (AvgIpc) is 3.00. The molecular formula is C32H33F4N3O5S. The summed E-state index contributed by atoms with van der Waals surface area (Å²) in [7, 11) is -3.13. The molecule has 0 aliphatic carbocycles. The minimum absolute atomic E-state index is 0.0593. The molecule has 1 atom stereocenters. The van der Waals surface area contributed by atoms with Gasteiger partial charge in [0.05, 0.1) is 35.4 Å². The van der Waals surface area contributed by atoms with E-state index in [4.69, 9.17) is 14.2 Å². The maximum atomic E-state index is 15.0. The quantitative estimate of drug-likeness (QED) is 0.132. The number of anilines is 1. The molecule has 1 N–H and O–H groups in total. The SMILES string of the molecule is COc1cc2ccc(Oc3ccc(NS(=O)(=O)c4ccccc4C(F)(F)F)cc3F)nc2cc1OCCCN1CCCCC1C. The first kappa shape index (κ1) is 32.3. The van der Waals surface area contributed by atoms with E-state index in [0.29, 0.717) is 35.7 Å². The van der Waals surface area contributed by atoms with Gasteiger partial charge in [-0.1, -0.05) is 18.6 Å². The van der Waals surface area contributed by atoms with Gasteiger partial charge in [0.25, 0.3) is 10.0 Å². The fraction of sp³-hybridized carbons (Fsp3) is 0.344. The van der Waals surface area contributed by atoms with Crippen LogP contribution in [0.15, 0.2) is 71.6 Å². The van der Waals surface area contributed by atoms with Crippen molar-refractivity contribution in [1.82, 2.24) is 9.88 Å². The number of rotatable bonds is 11. The topological polar surface area (TPSA) is 90.0 Å². The lowest BCUT2D eigenvalue weighted by atomic mass is 10.0. The third-order valence-corrected chi connectivity index (χ3v) is 9.06. The molecule has 0 saturated carbocycles. The Hall–Kier alpha value is -4.10. The minimum Gasteiger partial charge on any atom is -0.493 e. The van der Waals surface area contributed by atoms with Crippen molar-refractivity contribution in [3.63, 3.8) is 0 Å². The Balaban J connectivity index is 1.28. The van der Waals surface area contributed by atoms with Crippen LogP contribution in [0.2, 0.25) is 0 Å². The van der Waals surface area contributed by atoms with Crippen molar-refractivity contribution >= 4 is 26.6 Å². The Kier molecular flexibility index (Phi) is 9.68. The second-order valence-electron chi connectivity index (χ2n) is 10.8. The molecule has 5 rings (SSSR count). The first-order valence-electron chi connectivity index (χ1n) is 14.5. The number of aromatic nitrogens is 1. The van der Waals surface area contributed by atoms with Crippen molar-refractivity contribution < 1.29 is 40.2 Å². The van der Waals surface area contributed by atoms with Gasteiger partial charge in [0.2, 0.25) is 5.88 Å². The molecular weight excluding hydrogens is 614 g/mol. The lowest BCUT2D eigenvalue weighted by Gasteiger charge is -2.33. The van der Waals surface area contributed by atoms with E-state index in [9.17, 15) is 26.0 Å². The smallest absolute Gasteiger partial charge is 0.417 e. The van der Waals surface area contributed by atoms with Crippen LogP contribution in [0.1, 0.15) is 38.2 Å². The zero-order chi connectivity index (χ0) is 32.2. The van der Waals surface area contributed by atoms with Gasteiger partial charge < -0.3 is 19.1 Å². The van der Waals surface area contributed by atoms with Gasteiger partial charge in [0, 0.05) is 36.2 Å². The highest BCUT2D eigenvalue weighted by atomic mass is 32.2. The van der Waals surface area contributed by atoms with Crippen molar-refractivity contribution in [2.24, 2.45) is 0 Å². The van der Waals surface area contributed by atoms with Crippen LogP contribution in [0.25, 0.3) is 10.9 Å². The zero-order valence-electron chi connectivity index (χ0n) is 24.7. The highest BCUT2D eigenvalue weighted by molar-refractivity contribution is 7.92. The third kappa shape index (κ3) is 7.77. The van der Waals surface area contributed by atoms with Gasteiger partial charge in [0.1, 0.15) is 0 Å². The summed E-state index contributed by atoms with van der Waals surface area (Å²) in [5, 5.41) is 0.734. The lowest BCUT2D eigenvalue weighted by Crippen LogP contribution is -2.38. The number of fused-ring (bicyclic) bond motifs is 1. The normalized spacial score (nSPS) is 16.0. The van der Waals surface area contributed by atoms with Gasteiger partial charge >= 0.3 is 6.18 Å². The van der Waals surface area contributed by atoms with E-state index >= 15 is 0 Å². The van der Waals surface area contributed by atoms with Gasteiger partial charge in [-0.3, -0.25) is 4.72 Å². The van der Waals surface area contributed by atoms with Crippen LogP contribution < -0.4 is 18.9 Å². The summed E-state index contributed by atoms with van der Waals surface area (Å²) in [6.45, 7) is 4.79. The summed E-state index contributed by atoms with van der Waals surface area (Å²) in [5.41, 5.74) is -1.11. The predicted molar refractivity (Wildman–Crippen MR) is 162 cm³/mol. The molecule has 1 fully saturated rings. The molecule has 0 bridgehead atoms. The van der Waals surface area contributed by atoms with E-state index in [1.165, 1.54) is 37.5 Å². The van der Waals surface area contributed by atoms with Crippen LogP contribution in [-0.2, 0) is 16.2 Å². The molecule has 1 saturated heterocycles. The number of methoxy groups -OCH3 is 1. The maximum Gasteiger partial charge on any atom is 0.417 e. The first-order valence-corrected chi connectivity index (χ1v) is 15.9. The van der Waals surface area contributed by atoms with E-state index in [-0.39, 0.29) is 17.3 Å². The molecule has 0 spiro atoms. The summed E-state index contributed by atoms with van der Waals surface area (Å²) in [5.74, 6) is -0.105. The monoisotopic (exact) mass is 647 g/mol. The maximum absolute atomic E-state index is 15.0. The lowest BCUT2D eigenvalue weighted by molar-refractivity contribution is -0.139. The van der Waals surface area contributed by atoms with Crippen molar-refractivity contribution in [2.75, 3.05) is 31.5 Å². The number of halogens is 4. The largest absolute Gasteiger partial charge is 0.493 e. The number of alkyl halides is 3. The molecule has 13 heteroatoms. The van der Waals surface area contributed by atoms with Crippen LogP contribution in [0.5, 0.6) is 23.1 Å². The van der Waals surface area contributed by atoms with E-state index in [2.05, 4.69) is 16.8 Å². The number of benzene rings is 3. The number of hydrogen-bond donors (Lipinski definition) is 1. The molecule has 0 radical (unpaired) electrons. The molecule has 45 heavy (non-hydrogen) atoms. The van der Waals surface area contributed by atoms with Crippen LogP contribution >= 0.6 is 0 Å². The molecule has 3 aromatic carbocycles. The molecule has 1 aliphatic heterocycles. The summed E-state index contributed by atoms with van der Waals surface area (Å²) >= 11 is 0. The summed E-state index contributed by atoms with van der Waals surface area (Å²) in [6, 6.07) is 14.2. The van der Waals surface area contributed by atoms with Crippen LogP contribution in [0.3, 0.4) is 0 Å². The second kappa shape index (κ2) is 13.5. The van der Waals surface area contributed by atoms with Gasteiger partial charge in [-0.05, 0) is 69.1 Å². The van der Waals surface area contributed by atoms with Crippen molar-refractivity contribution in [3.05, 3.63) is 78.1 Å². The van der Waals surface area contributed by atoms with Crippen molar-refractivity contribution in [2.45, 2.75) is 49.7 Å². The Morgan fingerprint density at radius 3 is 2.53 bits per heavy atom. The minimum atomic E-state index is -4.90. The Morgan fingerprint density at radius 2 is 1.80 bits per heavy atom. The van der Waals surface area contributed by atoms with Crippen molar-refractivity contribution in [3.8, 4) is 23.1 Å². The molecule has 2 heterocycles. The van der Waals surface area contributed by atoms with Crippen LogP contribution in [0, 0.1) is 5.82 Å². The van der Waals surface area contributed by atoms with E-state index in [0.717, 1.165) is 49.2 Å². The number of ether oxygens (including phenoxy) is 3. The Labute approximate surface area is 259 Å². The van der Waals surface area contributed by atoms with Gasteiger partial charge in [-0.15, -0.1) is 0 Å². The van der Waals surface area contributed by atoms with Crippen LogP contribution in [0.4, 0.5) is 23.2 Å². The predicted octanol–water partition coefficient (Wildman–Crippen LogP) is 7.64. The molecule has 1 aliphatic rings. The third-order valence-electron chi connectivity index (χ3n) is 7.62. The molecule has 0 amide bonds. The number of pyridine rings is 1. The highest BCUT2D eigenvalue weighted by Gasteiger charge is 2.37. The zero-order valence-corrected chi connectivity index (χ0v) is 25.6. The van der Waals surface area contributed by atoms with Gasteiger partial charge in [0.15, 0.2) is 23.1 Å². The first-order chi connectivity index (χ1) is 21.4. The fourth-order valence-electron chi connectivity index (χ4n) is 5.29. The number of nitrogens with zero attached hydrogens (tertiary/aromatic N) is 2. The van der Waals surface area contributed by atoms with Gasteiger partial charge in [-0.2, -0.15) is 13.2 Å². The number of piperidine rings is 1. The van der Waals surface area contributed by atoms with E-state index < -0.39 is 32.5 Å². The van der Waals surface area contributed by atoms with Gasteiger partial charge in [-0.25, -0.2) is 17.8 Å². The highest BCUT2D eigenvalue weighted by Crippen LogP contribution is 2.36.